The fourth-order valence-corrected chi connectivity index (χ4v) is 4.72. The van der Waals surface area contributed by atoms with Crippen LogP contribution in [-0.4, -0.2) is 75.8 Å². The Hall–Kier alpha value is -3.58. The van der Waals surface area contributed by atoms with E-state index >= 15 is 0 Å². The van der Waals surface area contributed by atoms with Gasteiger partial charge in [0.05, 0.1) is 18.2 Å². The van der Waals surface area contributed by atoms with E-state index in [2.05, 4.69) is 63.4 Å². The van der Waals surface area contributed by atoms with E-state index in [-0.39, 0.29) is 23.8 Å². The van der Waals surface area contributed by atoms with E-state index < -0.39 is 0 Å². The summed E-state index contributed by atoms with van der Waals surface area (Å²) in [6.45, 7) is 3.92. The number of rotatable bonds is 5. The molecule has 0 N–H and O–H groups in total. The predicted octanol–water partition coefficient (Wildman–Crippen LogP) is 2.48. The predicted molar refractivity (Wildman–Crippen MR) is 124 cm³/mol. The number of carbonyl (C=O) groups is 2. The van der Waals surface area contributed by atoms with Crippen LogP contribution in [0.1, 0.15) is 27.7 Å². The van der Waals surface area contributed by atoms with Crippen molar-refractivity contribution in [3.8, 4) is 0 Å². The molecule has 3 heterocycles. The summed E-state index contributed by atoms with van der Waals surface area (Å²) in [5.74, 6) is -0.143. The van der Waals surface area contributed by atoms with Crippen molar-refractivity contribution >= 4 is 11.8 Å². The van der Waals surface area contributed by atoms with E-state index in [0.29, 0.717) is 31.9 Å². The highest BCUT2D eigenvalue weighted by Crippen LogP contribution is 2.30. The van der Waals surface area contributed by atoms with Crippen molar-refractivity contribution in [1.29, 1.82) is 0 Å². The van der Waals surface area contributed by atoms with Gasteiger partial charge in [-0.2, -0.15) is 0 Å². The Morgan fingerprint density at radius 3 is 1.94 bits per heavy atom. The van der Waals surface area contributed by atoms with Crippen LogP contribution < -0.4 is 0 Å². The van der Waals surface area contributed by atoms with Gasteiger partial charge in [-0.3, -0.25) is 19.5 Å². The van der Waals surface area contributed by atoms with E-state index in [1.54, 1.807) is 11.1 Å². The Balaban J connectivity index is 1.19. The molecule has 168 valence electrons. The summed E-state index contributed by atoms with van der Waals surface area (Å²) in [7, 11) is 0. The maximum Gasteiger partial charge on any atom is 0.274 e. The maximum atomic E-state index is 13.0. The monoisotopic (exact) mass is 441 g/mol. The van der Waals surface area contributed by atoms with Gasteiger partial charge in [-0.05, 0) is 11.1 Å². The lowest BCUT2D eigenvalue weighted by molar-refractivity contribution is -0.141. The molecule has 0 radical (unpaired) electrons. The first-order valence-corrected chi connectivity index (χ1v) is 11.4. The molecule has 2 fully saturated rings. The molecule has 0 bridgehead atoms. The highest BCUT2D eigenvalue weighted by Gasteiger charge is 2.39. The highest BCUT2D eigenvalue weighted by molar-refractivity contribution is 5.94. The zero-order valence-corrected chi connectivity index (χ0v) is 18.5. The van der Waals surface area contributed by atoms with Crippen molar-refractivity contribution in [3.05, 3.63) is 96.1 Å². The molecular formula is C26H27N5O2. The summed E-state index contributed by atoms with van der Waals surface area (Å²) in [4.78, 5) is 39.6. The van der Waals surface area contributed by atoms with Crippen molar-refractivity contribution < 1.29 is 9.59 Å². The third-order valence-corrected chi connectivity index (χ3v) is 6.52. The molecule has 5 rings (SSSR count). The minimum atomic E-state index is -0.162. The standard InChI is InChI=1S/C26H27N5O2/c32-25(22-18-31(19-22)26(33)23-17-27-11-12-28-23)30-15-13-29(14-16-30)24(20-7-3-1-4-8-20)21-9-5-2-6-10-21/h1-12,17,22,24H,13-16,18-19H2. The van der Waals surface area contributed by atoms with Crippen molar-refractivity contribution in [2.24, 2.45) is 5.92 Å². The molecule has 0 saturated carbocycles. The lowest BCUT2D eigenvalue weighted by Gasteiger charge is -2.44. The van der Waals surface area contributed by atoms with Crippen LogP contribution in [0.15, 0.2) is 79.3 Å². The molecule has 7 heteroatoms. The first-order chi connectivity index (χ1) is 16.2. The average molecular weight is 442 g/mol. The van der Waals surface area contributed by atoms with Crippen LogP contribution in [0.2, 0.25) is 0 Å². The van der Waals surface area contributed by atoms with Crippen LogP contribution in [0.3, 0.4) is 0 Å². The number of amides is 2. The second kappa shape index (κ2) is 9.50. The molecule has 2 amide bonds. The quantitative estimate of drug-likeness (QED) is 0.609. The van der Waals surface area contributed by atoms with E-state index in [4.69, 9.17) is 0 Å². The SMILES string of the molecule is O=C(c1cnccn1)N1CC(C(=O)N2CCN(C(c3ccccc3)c3ccccc3)CC2)C1. The van der Waals surface area contributed by atoms with Gasteiger partial charge in [0, 0.05) is 51.7 Å². The molecule has 2 saturated heterocycles. The summed E-state index contributed by atoms with van der Waals surface area (Å²) in [6, 6.07) is 21.3. The van der Waals surface area contributed by atoms with E-state index in [0.717, 1.165) is 13.1 Å². The minimum absolute atomic E-state index is 0.129. The number of piperazine rings is 1. The van der Waals surface area contributed by atoms with Gasteiger partial charge >= 0.3 is 0 Å². The number of likely N-dealkylation sites (tertiary alicyclic amines) is 1. The van der Waals surface area contributed by atoms with Crippen LogP contribution in [0.25, 0.3) is 0 Å². The molecule has 3 aromatic rings. The van der Waals surface area contributed by atoms with E-state index in [9.17, 15) is 9.59 Å². The molecule has 33 heavy (non-hydrogen) atoms. The van der Waals surface area contributed by atoms with Gasteiger partial charge in [-0.15, -0.1) is 0 Å². The highest BCUT2D eigenvalue weighted by atomic mass is 16.2. The summed E-state index contributed by atoms with van der Waals surface area (Å²) in [5, 5.41) is 0. The second-order valence-electron chi connectivity index (χ2n) is 8.58. The van der Waals surface area contributed by atoms with Crippen molar-refractivity contribution in [1.82, 2.24) is 24.7 Å². The van der Waals surface area contributed by atoms with Crippen LogP contribution in [-0.2, 0) is 4.79 Å². The third-order valence-electron chi connectivity index (χ3n) is 6.52. The minimum Gasteiger partial charge on any atom is -0.340 e. The zero-order chi connectivity index (χ0) is 22.6. The number of aromatic nitrogens is 2. The number of nitrogens with zero attached hydrogens (tertiary/aromatic N) is 5. The van der Waals surface area contributed by atoms with E-state index in [1.807, 2.05) is 17.0 Å². The molecule has 0 spiro atoms. The third kappa shape index (κ3) is 4.50. The summed E-state index contributed by atoms with van der Waals surface area (Å²) >= 11 is 0. The normalized spacial score (nSPS) is 17.1. The first-order valence-electron chi connectivity index (χ1n) is 11.4. The second-order valence-corrected chi connectivity index (χ2v) is 8.58. The van der Waals surface area contributed by atoms with Crippen LogP contribution >= 0.6 is 0 Å². The average Bonchev–Trinajstić information content (AvgIpc) is 2.85. The Labute approximate surface area is 193 Å². The zero-order valence-electron chi connectivity index (χ0n) is 18.5. The molecular weight excluding hydrogens is 414 g/mol. The molecule has 2 aromatic carbocycles. The molecule has 1 aromatic heterocycles. The van der Waals surface area contributed by atoms with Crippen molar-refractivity contribution in [2.75, 3.05) is 39.3 Å². The molecule has 2 aliphatic heterocycles. The van der Waals surface area contributed by atoms with Crippen molar-refractivity contribution in [2.45, 2.75) is 6.04 Å². The number of benzene rings is 2. The van der Waals surface area contributed by atoms with Crippen LogP contribution in [0.5, 0.6) is 0 Å². The molecule has 0 atom stereocenters. The number of hydrogen-bond acceptors (Lipinski definition) is 5. The van der Waals surface area contributed by atoms with Gasteiger partial charge in [0.2, 0.25) is 5.91 Å². The number of carbonyl (C=O) groups excluding carboxylic acids is 2. The summed E-state index contributed by atoms with van der Waals surface area (Å²) < 4.78 is 0. The Kier molecular flexibility index (Phi) is 6.13. The van der Waals surface area contributed by atoms with Gasteiger partial charge in [0.1, 0.15) is 5.69 Å². The molecule has 0 aliphatic carbocycles. The smallest absolute Gasteiger partial charge is 0.274 e. The first kappa shape index (κ1) is 21.3. The van der Waals surface area contributed by atoms with Gasteiger partial charge in [-0.25, -0.2) is 4.98 Å². The topological polar surface area (TPSA) is 69.6 Å². The number of hydrogen-bond donors (Lipinski definition) is 0. The summed E-state index contributed by atoms with van der Waals surface area (Å²) in [6.07, 6.45) is 4.51. The Morgan fingerprint density at radius 1 is 0.788 bits per heavy atom. The van der Waals surface area contributed by atoms with Gasteiger partial charge in [0.25, 0.3) is 5.91 Å². The van der Waals surface area contributed by atoms with Crippen LogP contribution in [0.4, 0.5) is 0 Å². The summed E-state index contributed by atoms with van der Waals surface area (Å²) in [5.41, 5.74) is 2.85. The van der Waals surface area contributed by atoms with Gasteiger partial charge < -0.3 is 9.80 Å². The maximum absolute atomic E-state index is 13.0. The van der Waals surface area contributed by atoms with Gasteiger partial charge in [-0.1, -0.05) is 60.7 Å². The fourth-order valence-electron chi connectivity index (χ4n) is 4.72. The van der Waals surface area contributed by atoms with Crippen molar-refractivity contribution in [3.63, 3.8) is 0 Å². The molecule has 0 unspecified atom stereocenters. The largest absolute Gasteiger partial charge is 0.340 e. The Bertz CT molecular complexity index is 1040. The molecule has 7 nitrogen and oxygen atoms in total. The van der Waals surface area contributed by atoms with Gasteiger partial charge in [0.15, 0.2) is 0 Å². The Morgan fingerprint density at radius 2 is 1.39 bits per heavy atom. The lowest BCUT2D eigenvalue weighted by Crippen LogP contribution is -2.59. The molecule has 2 aliphatic rings. The fraction of sp³-hybridized carbons (Fsp3) is 0.308. The van der Waals surface area contributed by atoms with E-state index in [1.165, 1.54) is 23.5 Å². The lowest BCUT2D eigenvalue weighted by atomic mass is 9.95. The van der Waals surface area contributed by atoms with Crippen LogP contribution in [0, 0.1) is 5.92 Å².